The normalized spacial score (nSPS) is 10.3. The molecule has 0 radical (unpaired) electrons. The number of rotatable bonds is 5. The van der Waals surface area contributed by atoms with Gasteiger partial charge in [-0.25, -0.2) is 0 Å². The van der Waals surface area contributed by atoms with Crippen molar-refractivity contribution in [2.24, 2.45) is 0 Å². The van der Waals surface area contributed by atoms with Crippen molar-refractivity contribution in [2.75, 3.05) is 0 Å². The van der Waals surface area contributed by atoms with Crippen molar-refractivity contribution < 1.29 is 4.74 Å². The summed E-state index contributed by atoms with van der Waals surface area (Å²) in [4.78, 5) is 3.98. The van der Waals surface area contributed by atoms with Gasteiger partial charge in [-0.05, 0) is 29.8 Å². The number of pyridine rings is 1. The summed E-state index contributed by atoms with van der Waals surface area (Å²) in [5.41, 5.74) is 1.59. The van der Waals surface area contributed by atoms with Crippen LogP contribution in [-0.2, 0) is 6.54 Å². The van der Waals surface area contributed by atoms with Gasteiger partial charge in [0.15, 0.2) is 0 Å². The van der Waals surface area contributed by atoms with E-state index in [4.69, 9.17) is 4.74 Å². The van der Waals surface area contributed by atoms with Crippen LogP contribution in [0.15, 0.2) is 42.7 Å². The van der Waals surface area contributed by atoms with Gasteiger partial charge in [0.1, 0.15) is 17.6 Å². The zero-order chi connectivity index (χ0) is 14.4. The SMILES string of the molecule is CC(C)NCc1ccc(Oc2cccnc2)c(C#N)c1. The summed E-state index contributed by atoms with van der Waals surface area (Å²) in [6.07, 6.45) is 3.30. The minimum absolute atomic E-state index is 0.409. The molecule has 20 heavy (non-hydrogen) atoms. The molecular formula is C16H17N3O. The van der Waals surface area contributed by atoms with Gasteiger partial charge in [-0.2, -0.15) is 5.26 Å². The van der Waals surface area contributed by atoms with Gasteiger partial charge in [-0.15, -0.1) is 0 Å². The Morgan fingerprint density at radius 1 is 1.35 bits per heavy atom. The fourth-order valence-corrected chi connectivity index (χ4v) is 1.72. The largest absolute Gasteiger partial charge is 0.454 e. The summed E-state index contributed by atoms with van der Waals surface area (Å²) in [5.74, 6) is 1.17. The fraction of sp³-hybridized carbons (Fsp3) is 0.250. The Morgan fingerprint density at radius 3 is 2.85 bits per heavy atom. The number of hydrogen-bond acceptors (Lipinski definition) is 4. The van der Waals surface area contributed by atoms with Gasteiger partial charge >= 0.3 is 0 Å². The fourth-order valence-electron chi connectivity index (χ4n) is 1.72. The van der Waals surface area contributed by atoms with Crippen LogP contribution in [-0.4, -0.2) is 11.0 Å². The summed E-state index contributed by atoms with van der Waals surface area (Å²) in [7, 11) is 0. The molecule has 4 nitrogen and oxygen atoms in total. The molecule has 0 spiro atoms. The number of nitrogens with one attached hydrogen (secondary N) is 1. The molecule has 0 saturated heterocycles. The highest BCUT2D eigenvalue weighted by atomic mass is 16.5. The van der Waals surface area contributed by atoms with Crippen molar-refractivity contribution in [3.63, 3.8) is 0 Å². The Morgan fingerprint density at radius 2 is 2.20 bits per heavy atom. The van der Waals surface area contributed by atoms with E-state index in [1.807, 2.05) is 24.3 Å². The lowest BCUT2D eigenvalue weighted by molar-refractivity contribution is 0.478. The van der Waals surface area contributed by atoms with E-state index in [1.165, 1.54) is 0 Å². The Balaban J connectivity index is 2.16. The lowest BCUT2D eigenvalue weighted by Crippen LogP contribution is -2.21. The van der Waals surface area contributed by atoms with Gasteiger partial charge in [-0.1, -0.05) is 19.9 Å². The molecule has 0 unspecified atom stereocenters. The third-order valence-corrected chi connectivity index (χ3v) is 2.74. The molecule has 2 aromatic rings. The monoisotopic (exact) mass is 267 g/mol. The molecule has 0 aliphatic carbocycles. The van der Waals surface area contributed by atoms with Crippen LogP contribution in [0.1, 0.15) is 25.0 Å². The van der Waals surface area contributed by atoms with Crippen molar-refractivity contribution in [3.8, 4) is 17.6 Å². The van der Waals surface area contributed by atoms with Gasteiger partial charge < -0.3 is 10.1 Å². The molecule has 0 aliphatic rings. The summed E-state index contributed by atoms with van der Waals surface area (Å²) >= 11 is 0. The van der Waals surface area contributed by atoms with Crippen LogP contribution >= 0.6 is 0 Å². The van der Waals surface area contributed by atoms with Gasteiger partial charge in [0.25, 0.3) is 0 Å². The van der Waals surface area contributed by atoms with Crippen LogP contribution in [0.3, 0.4) is 0 Å². The van der Waals surface area contributed by atoms with Gasteiger partial charge in [-0.3, -0.25) is 4.98 Å². The van der Waals surface area contributed by atoms with Crippen molar-refractivity contribution >= 4 is 0 Å². The Bertz CT molecular complexity index is 603. The smallest absolute Gasteiger partial charge is 0.145 e. The molecule has 4 heteroatoms. The average molecular weight is 267 g/mol. The third kappa shape index (κ3) is 3.81. The van der Waals surface area contributed by atoms with Crippen LogP contribution in [0, 0.1) is 11.3 Å². The standard InChI is InChI=1S/C16H17N3O/c1-12(2)19-10-13-5-6-16(14(8-13)9-17)20-15-4-3-7-18-11-15/h3-8,11-12,19H,10H2,1-2H3. The zero-order valence-corrected chi connectivity index (χ0v) is 11.6. The van der Waals surface area contributed by atoms with E-state index in [0.29, 0.717) is 23.1 Å². The Kier molecular flexibility index (Phi) is 4.70. The molecule has 0 saturated carbocycles. The molecular weight excluding hydrogens is 250 g/mol. The van der Waals surface area contributed by atoms with Crippen LogP contribution in [0.2, 0.25) is 0 Å². The highest BCUT2D eigenvalue weighted by Crippen LogP contribution is 2.25. The Labute approximate surface area is 119 Å². The first-order chi connectivity index (χ1) is 9.69. The highest BCUT2D eigenvalue weighted by molar-refractivity contribution is 5.47. The molecule has 1 aromatic heterocycles. The predicted molar refractivity (Wildman–Crippen MR) is 77.4 cm³/mol. The number of aromatic nitrogens is 1. The maximum atomic E-state index is 9.23. The van der Waals surface area contributed by atoms with Crippen molar-refractivity contribution in [1.29, 1.82) is 5.26 Å². The van der Waals surface area contributed by atoms with E-state index < -0.39 is 0 Å². The topological polar surface area (TPSA) is 57.9 Å². The summed E-state index contributed by atoms with van der Waals surface area (Å²) < 4.78 is 5.68. The first-order valence-electron chi connectivity index (χ1n) is 6.53. The zero-order valence-electron chi connectivity index (χ0n) is 11.6. The number of ether oxygens (including phenoxy) is 1. The first-order valence-corrected chi connectivity index (χ1v) is 6.53. The second-order valence-corrected chi connectivity index (χ2v) is 4.77. The number of nitrogens with zero attached hydrogens (tertiary/aromatic N) is 2. The quantitative estimate of drug-likeness (QED) is 0.903. The molecule has 0 fully saturated rings. The van der Waals surface area contributed by atoms with Gasteiger partial charge in [0.2, 0.25) is 0 Å². The van der Waals surface area contributed by atoms with Crippen molar-refractivity contribution in [3.05, 3.63) is 53.9 Å². The maximum Gasteiger partial charge on any atom is 0.145 e. The first kappa shape index (κ1) is 14.0. The number of benzene rings is 1. The number of nitriles is 1. The summed E-state index contributed by atoms with van der Waals surface area (Å²) in [6, 6.07) is 11.8. The molecule has 2 rings (SSSR count). The van der Waals surface area contributed by atoms with Crippen LogP contribution < -0.4 is 10.1 Å². The lowest BCUT2D eigenvalue weighted by atomic mass is 10.1. The lowest BCUT2D eigenvalue weighted by Gasteiger charge is -2.11. The average Bonchev–Trinajstić information content (AvgIpc) is 2.47. The Hall–Kier alpha value is -2.38. The van der Waals surface area contributed by atoms with E-state index in [1.54, 1.807) is 18.5 Å². The molecule has 1 aromatic carbocycles. The van der Waals surface area contributed by atoms with E-state index >= 15 is 0 Å². The van der Waals surface area contributed by atoms with E-state index in [0.717, 1.165) is 12.1 Å². The van der Waals surface area contributed by atoms with Crippen molar-refractivity contribution in [2.45, 2.75) is 26.4 Å². The van der Waals surface area contributed by atoms with E-state index in [-0.39, 0.29) is 0 Å². The minimum Gasteiger partial charge on any atom is -0.454 e. The number of hydrogen-bond donors (Lipinski definition) is 1. The van der Waals surface area contributed by atoms with Crippen LogP contribution in [0.25, 0.3) is 0 Å². The maximum absolute atomic E-state index is 9.23. The third-order valence-electron chi connectivity index (χ3n) is 2.74. The summed E-state index contributed by atoms with van der Waals surface area (Å²) in [5, 5.41) is 12.6. The second-order valence-electron chi connectivity index (χ2n) is 4.77. The van der Waals surface area contributed by atoms with E-state index in [9.17, 15) is 5.26 Å². The molecule has 0 atom stereocenters. The second kappa shape index (κ2) is 6.69. The molecule has 0 amide bonds. The van der Waals surface area contributed by atoms with Crippen LogP contribution in [0.4, 0.5) is 0 Å². The van der Waals surface area contributed by atoms with Crippen LogP contribution in [0.5, 0.6) is 11.5 Å². The predicted octanol–water partition coefficient (Wildman–Crippen LogP) is 3.24. The molecule has 0 aliphatic heterocycles. The molecule has 1 N–H and O–H groups in total. The van der Waals surface area contributed by atoms with Gasteiger partial charge in [0.05, 0.1) is 11.8 Å². The molecule has 0 bridgehead atoms. The molecule has 1 heterocycles. The summed E-state index contributed by atoms with van der Waals surface area (Å²) in [6.45, 7) is 4.91. The van der Waals surface area contributed by atoms with Crippen molar-refractivity contribution in [1.82, 2.24) is 10.3 Å². The minimum atomic E-state index is 0.409. The van der Waals surface area contributed by atoms with Gasteiger partial charge in [0, 0.05) is 18.8 Å². The molecule has 102 valence electrons. The van der Waals surface area contributed by atoms with E-state index in [2.05, 4.69) is 30.2 Å². The highest BCUT2D eigenvalue weighted by Gasteiger charge is 2.06.